The number of carboxylic acid groups (broad SMARTS) is 1. The number of aromatic nitrogens is 4. The van der Waals surface area contributed by atoms with Gasteiger partial charge in [-0.1, -0.05) is 0 Å². The van der Waals surface area contributed by atoms with Crippen LogP contribution in [0.15, 0.2) is 30.6 Å². The summed E-state index contributed by atoms with van der Waals surface area (Å²) in [5.41, 5.74) is 7.49. The van der Waals surface area contributed by atoms with Gasteiger partial charge in [-0.05, 0) is 23.8 Å². The first-order chi connectivity index (χ1) is 10.1. The summed E-state index contributed by atoms with van der Waals surface area (Å²) in [6, 6.07) is 5.02. The predicted octanol–water partition coefficient (Wildman–Crippen LogP) is 1.08. The molecule has 0 saturated carbocycles. The van der Waals surface area contributed by atoms with Gasteiger partial charge < -0.3 is 15.6 Å². The van der Waals surface area contributed by atoms with Crippen LogP contribution in [0.4, 0.5) is 5.95 Å². The Kier molecular flexibility index (Phi) is 2.90. The molecule has 0 amide bonds. The Balaban J connectivity index is 2.13. The Morgan fingerprint density at radius 3 is 2.90 bits per heavy atom. The van der Waals surface area contributed by atoms with Crippen LogP contribution in [0, 0.1) is 0 Å². The molecule has 106 valence electrons. The van der Waals surface area contributed by atoms with E-state index in [9.17, 15) is 9.90 Å². The van der Waals surface area contributed by atoms with Gasteiger partial charge in [0.15, 0.2) is 5.65 Å². The molecule has 3 heterocycles. The quantitative estimate of drug-likeness (QED) is 0.739. The third kappa shape index (κ3) is 2.22. The van der Waals surface area contributed by atoms with Gasteiger partial charge in [0.1, 0.15) is 5.56 Å². The molecule has 3 rings (SSSR count). The van der Waals surface area contributed by atoms with E-state index in [0.29, 0.717) is 11.2 Å². The zero-order valence-electron chi connectivity index (χ0n) is 11.0. The van der Waals surface area contributed by atoms with Gasteiger partial charge in [-0.2, -0.15) is 4.98 Å². The largest absolute Gasteiger partial charge is 0.480 e. The number of carbonyl (C=O) groups is 1. The van der Waals surface area contributed by atoms with Gasteiger partial charge in [0, 0.05) is 18.0 Å². The number of ether oxygens (including phenoxy) is 1. The number of nitrogens with two attached hydrogens (primary N) is 1. The van der Waals surface area contributed by atoms with Crippen LogP contribution in [0.5, 0.6) is 5.88 Å². The Hall–Kier alpha value is -3.16. The predicted molar refractivity (Wildman–Crippen MR) is 74.1 cm³/mol. The van der Waals surface area contributed by atoms with Crippen LogP contribution in [0.25, 0.3) is 16.8 Å². The van der Waals surface area contributed by atoms with E-state index >= 15 is 0 Å². The van der Waals surface area contributed by atoms with Crippen molar-refractivity contribution in [1.29, 1.82) is 0 Å². The summed E-state index contributed by atoms with van der Waals surface area (Å²) < 4.78 is 6.47. The van der Waals surface area contributed by atoms with Crippen LogP contribution < -0.4 is 10.5 Å². The number of hydrogen-bond acceptors (Lipinski definition) is 6. The van der Waals surface area contributed by atoms with E-state index in [-0.39, 0.29) is 17.4 Å². The van der Waals surface area contributed by atoms with Crippen molar-refractivity contribution in [3.8, 4) is 17.0 Å². The molecule has 3 aromatic rings. The average Bonchev–Trinajstić information content (AvgIpc) is 2.85. The van der Waals surface area contributed by atoms with E-state index in [4.69, 9.17) is 10.5 Å². The highest BCUT2D eigenvalue weighted by atomic mass is 16.5. The number of rotatable bonds is 3. The van der Waals surface area contributed by atoms with E-state index in [2.05, 4.69) is 15.1 Å². The van der Waals surface area contributed by atoms with E-state index < -0.39 is 5.97 Å². The van der Waals surface area contributed by atoms with E-state index in [1.807, 2.05) is 0 Å². The van der Waals surface area contributed by atoms with Crippen molar-refractivity contribution in [2.45, 2.75) is 0 Å². The number of aromatic carboxylic acids is 1. The summed E-state index contributed by atoms with van der Waals surface area (Å²) in [5.74, 6) is -0.862. The fraction of sp³-hybridized carbons (Fsp3) is 0.0769. The van der Waals surface area contributed by atoms with Crippen LogP contribution in [-0.4, -0.2) is 37.8 Å². The molecule has 0 aliphatic rings. The number of pyridine rings is 2. The highest BCUT2D eigenvalue weighted by Crippen LogP contribution is 2.25. The maximum Gasteiger partial charge on any atom is 0.341 e. The first kappa shape index (κ1) is 12.9. The van der Waals surface area contributed by atoms with Crippen LogP contribution in [0.1, 0.15) is 10.4 Å². The lowest BCUT2D eigenvalue weighted by molar-refractivity contribution is 0.0692. The zero-order chi connectivity index (χ0) is 15.0. The Labute approximate surface area is 118 Å². The van der Waals surface area contributed by atoms with Crippen molar-refractivity contribution in [2.24, 2.45) is 0 Å². The normalized spacial score (nSPS) is 10.7. The van der Waals surface area contributed by atoms with Crippen molar-refractivity contribution in [2.75, 3.05) is 12.8 Å². The molecule has 0 spiro atoms. The third-order valence-electron chi connectivity index (χ3n) is 2.96. The maximum atomic E-state index is 11.2. The number of nitrogens with zero attached hydrogens (tertiary/aromatic N) is 4. The van der Waals surface area contributed by atoms with Gasteiger partial charge in [0.2, 0.25) is 11.8 Å². The summed E-state index contributed by atoms with van der Waals surface area (Å²) in [7, 11) is 1.37. The molecule has 0 aromatic carbocycles. The van der Waals surface area contributed by atoms with Crippen molar-refractivity contribution in [3.63, 3.8) is 0 Å². The van der Waals surface area contributed by atoms with Gasteiger partial charge >= 0.3 is 5.97 Å². The topological polar surface area (TPSA) is 116 Å². The first-order valence-corrected chi connectivity index (χ1v) is 5.98. The number of fused-ring (bicyclic) bond motifs is 1. The molecular weight excluding hydrogens is 274 g/mol. The molecular formula is C13H11N5O3. The van der Waals surface area contributed by atoms with Crippen molar-refractivity contribution in [3.05, 3.63) is 36.2 Å². The number of anilines is 1. The summed E-state index contributed by atoms with van der Waals surface area (Å²) >= 11 is 0. The lowest BCUT2D eigenvalue weighted by atomic mass is 10.1. The molecule has 0 aliphatic carbocycles. The van der Waals surface area contributed by atoms with Gasteiger partial charge in [-0.15, -0.1) is 5.10 Å². The minimum atomic E-state index is -1.10. The van der Waals surface area contributed by atoms with E-state index in [1.165, 1.54) is 23.9 Å². The molecule has 0 unspecified atom stereocenters. The maximum absolute atomic E-state index is 11.2. The summed E-state index contributed by atoms with van der Waals surface area (Å²) in [4.78, 5) is 19.3. The van der Waals surface area contributed by atoms with Crippen LogP contribution >= 0.6 is 0 Å². The fourth-order valence-electron chi connectivity index (χ4n) is 2.00. The fourth-order valence-corrected chi connectivity index (χ4v) is 2.00. The molecule has 0 atom stereocenters. The molecule has 0 radical (unpaired) electrons. The molecule has 3 aromatic heterocycles. The second-order valence-corrected chi connectivity index (χ2v) is 4.27. The second-order valence-electron chi connectivity index (χ2n) is 4.27. The SMILES string of the molecule is COc1ncc(-c2ccn3nc(N)nc3c2)cc1C(=O)O. The van der Waals surface area contributed by atoms with Gasteiger partial charge in [-0.3, -0.25) is 0 Å². The Morgan fingerprint density at radius 2 is 2.19 bits per heavy atom. The minimum absolute atomic E-state index is 0.00384. The zero-order valence-corrected chi connectivity index (χ0v) is 11.0. The van der Waals surface area contributed by atoms with Crippen LogP contribution in [0.3, 0.4) is 0 Å². The molecule has 0 saturated heterocycles. The highest BCUT2D eigenvalue weighted by Gasteiger charge is 2.14. The summed E-state index contributed by atoms with van der Waals surface area (Å²) in [6.07, 6.45) is 3.23. The standard InChI is InChI=1S/C13H11N5O3/c1-21-11-9(12(19)20)4-8(6-15-11)7-2-3-18-10(5-7)16-13(14)17-18/h2-6H,1H3,(H2,14,17)(H,19,20). The van der Waals surface area contributed by atoms with E-state index in [0.717, 1.165) is 5.56 Å². The molecule has 8 nitrogen and oxygen atoms in total. The first-order valence-electron chi connectivity index (χ1n) is 5.98. The number of hydrogen-bond donors (Lipinski definition) is 2. The molecule has 0 bridgehead atoms. The average molecular weight is 285 g/mol. The smallest absolute Gasteiger partial charge is 0.341 e. The van der Waals surface area contributed by atoms with Crippen molar-refractivity contribution >= 4 is 17.6 Å². The Morgan fingerprint density at radius 1 is 1.38 bits per heavy atom. The summed E-state index contributed by atoms with van der Waals surface area (Å²) in [5, 5.41) is 13.2. The molecule has 0 fully saturated rings. The minimum Gasteiger partial charge on any atom is -0.480 e. The van der Waals surface area contributed by atoms with Crippen molar-refractivity contribution < 1.29 is 14.6 Å². The molecule has 21 heavy (non-hydrogen) atoms. The Bertz CT molecular complexity index is 843. The molecule has 8 heteroatoms. The molecule has 3 N–H and O–H groups in total. The number of nitrogen functional groups attached to an aromatic ring is 1. The monoisotopic (exact) mass is 285 g/mol. The third-order valence-corrected chi connectivity index (χ3v) is 2.96. The second kappa shape index (κ2) is 4.75. The number of carboxylic acids is 1. The lowest BCUT2D eigenvalue weighted by Gasteiger charge is -2.07. The van der Waals surface area contributed by atoms with E-state index in [1.54, 1.807) is 18.3 Å². The lowest BCUT2D eigenvalue weighted by Crippen LogP contribution is -2.02. The van der Waals surface area contributed by atoms with Gasteiger partial charge in [-0.25, -0.2) is 14.3 Å². The van der Waals surface area contributed by atoms with Crippen LogP contribution in [-0.2, 0) is 0 Å². The van der Waals surface area contributed by atoms with Crippen LogP contribution in [0.2, 0.25) is 0 Å². The van der Waals surface area contributed by atoms with Crippen molar-refractivity contribution in [1.82, 2.24) is 19.6 Å². The van der Waals surface area contributed by atoms with Gasteiger partial charge in [0.05, 0.1) is 7.11 Å². The number of methoxy groups -OCH3 is 1. The molecule has 0 aliphatic heterocycles. The van der Waals surface area contributed by atoms with Gasteiger partial charge in [0.25, 0.3) is 0 Å². The highest BCUT2D eigenvalue weighted by molar-refractivity contribution is 5.91. The summed E-state index contributed by atoms with van der Waals surface area (Å²) in [6.45, 7) is 0.